The second-order valence-electron chi connectivity index (χ2n) is 3.09. The fourth-order valence-corrected chi connectivity index (χ4v) is 2.10. The zero-order valence-corrected chi connectivity index (χ0v) is 8.71. The Labute approximate surface area is 86.6 Å². The molecule has 0 spiro atoms. The van der Waals surface area contributed by atoms with Crippen molar-refractivity contribution in [2.24, 2.45) is 0 Å². The van der Waals surface area contributed by atoms with E-state index in [-0.39, 0.29) is 0 Å². The van der Waals surface area contributed by atoms with Crippen molar-refractivity contribution in [1.29, 1.82) is 0 Å². The van der Waals surface area contributed by atoms with Crippen molar-refractivity contribution in [3.8, 4) is 0 Å². The van der Waals surface area contributed by atoms with Crippen LogP contribution in [0.1, 0.15) is 15.4 Å². The summed E-state index contributed by atoms with van der Waals surface area (Å²) in [5, 5.41) is 1.05. The summed E-state index contributed by atoms with van der Waals surface area (Å²) >= 11 is 1.65. The molecule has 0 atom stereocenters. The number of nitrogens with two attached hydrogens (primary N) is 1. The lowest BCUT2D eigenvalue weighted by molar-refractivity contribution is 1.11. The van der Waals surface area contributed by atoms with Gasteiger partial charge in [0.1, 0.15) is 5.82 Å². The minimum Gasteiger partial charge on any atom is -0.383 e. The topological polar surface area (TPSA) is 51.8 Å². The molecule has 0 amide bonds. The molecular formula is C10H11N3S. The van der Waals surface area contributed by atoms with Gasteiger partial charge in [0.25, 0.3) is 0 Å². The van der Waals surface area contributed by atoms with Gasteiger partial charge in [-0.25, -0.2) is 4.98 Å². The molecule has 14 heavy (non-hydrogen) atoms. The second kappa shape index (κ2) is 3.75. The minimum atomic E-state index is 0.647. The molecule has 3 nitrogen and oxygen atoms in total. The zero-order valence-electron chi connectivity index (χ0n) is 7.90. The van der Waals surface area contributed by atoms with Crippen LogP contribution in [-0.4, -0.2) is 9.97 Å². The van der Waals surface area contributed by atoms with Crippen molar-refractivity contribution < 1.29 is 0 Å². The lowest BCUT2D eigenvalue weighted by Crippen LogP contribution is -1.90. The molecule has 0 aromatic carbocycles. The predicted molar refractivity (Wildman–Crippen MR) is 58.3 cm³/mol. The van der Waals surface area contributed by atoms with E-state index in [9.17, 15) is 0 Å². The maximum atomic E-state index is 5.68. The fraction of sp³-hybridized carbons (Fsp3) is 0.200. The summed E-state index contributed by atoms with van der Waals surface area (Å²) in [4.78, 5) is 9.42. The SMILES string of the molecule is Cc1sc(Cc2cccnc2)nc1N. The van der Waals surface area contributed by atoms with Crippen LogP contribution in [0.25, 0.3) is 0 Å². The summed E-state index contributed by atoms with van der Waals surface area (Å²) in [6.07, 6.45) is 4.44. The third-order valence-corrected chi connectivity index (χ3v) is 2.94. The molecule has 4 heteroatoms. The van der Waals surface area contributed by atoms with Crippen LogP contribution in [0.3, 0.4) is 0 Å². The molecule has 72 valence electrons. The number of rotatable bonds is 2. The summed E-state index contributed by atoms with van der Waals surface area (Å²) in [5.41, 5.74) is 6.85. The van der Waals surface area contributed by atoms with E-state index in [1.54, 1.807) is 17.5 Å². The molecule has 0 aliphatic carbocycles. The van der Waals surface area contributed by atoms with Gasteiger partial charge in [0.05, 0.1) is 5.01 Å². The number of aromatic nitrogens is 2. The van der Waals surface area contributed by atoms with Gasteiger partial charge in [-0.3, -0.25) is 4.98 Å². The molecule has 0 saturated heterocycles. The van der Waals surface area contributed by atoms with Crippen LogP contribution in [0.15, 0.2) is 24.5 Å². The van der Waals surface area contributed by atoms with Gasteiger partial charge in [0.15, 0.2) is 0 Å². The first-order chi connectivity index (χ1) is 6.75. The van der Waals surface area contributed by atoms with Gasteiger partial charge in [-0.1, -0.05) is 6.07 Å². The van der Waals surface area contributed by atoms with Crippen LogP contribution in [0, 0.1) is 6.92 Å². The third kappa shape index (κ3) is 1.90. The number of thiazole rings is 1. The normalized spacial score (nSPS) is 10.4. The first kappa shape index (κ1) is 9.15. The molecule has 0 fully saturated rings. The first-order valence-electron chi connectivity index (χ1n) is 4.36. The molecule has 0 bridgehead atoms. The number of aryl methyl sites for hydroxylation is 1. The van der Waals surface area contributed by atoms with Crippen molar-refractivity contribution >= 4 is 17.2 Å². The summed E-state index contributed by atoms with van der Waals surface area (Å²) in [6, 6.07) is 3.97. The fourth-order valence-electron chi connectivity index (χ4n) is 1.22. The molecule has 0 radical (unpaired) electrons. The van der Waals surface area contributed by atoms with Crippen molar-refractivity contribution in [2.75, 3.05) is 5.73 Å². The number of nitrogens with zero attached hydrogens (tertiary/aromatic N) is 2. The van der Waals surface area contributed by atoms with Gasteiger partial charge in [-0.2, -0.15) is 0 Å². The Morgan fingerprint density at radius 2 is 2.36 bits per heavy atom. The second-order valence-corrected chi connectivity index (χ2v) is 4.37. The number of hydrogen-bond acceptors (Lipinski definition) is 4. The van der Waals surface area contributed by atoms with E-state index in [1.807, 2.05) is 25.3 Å². The highest BCUT2D eigenvalue weighted by atomic mass is 32.1. The van der Waals surface area contributed by atoms with E-state index < -0.39 is 0 Å². The van der Waals surface area contributed by atoms with Gasteiger partial charge < -0.3 is 5.73 Å². The van der Waals surface area contributed by atoms with Crippen molar-refractivity contribution in [3.63, 3.8) is 0 Å². The lowest BCUT2D eigenvalue weighted by atomic mass is 10.2. The van der Waals surface area contributed by atoms with Crippen molar-refractivity contribution in [3.05, 3.63) is 40.0 Å². The molecule has 0 saturated carbocycles. The predicted octanol–water partition coefficient (Wildman–Crippen LogP) is 2.02. The van der Waals surface area contributed by atoms with Crippen LogP contribution in [-0.2, 0) is 6.42 Å². The van der Waals surface area contributed by atoms with Crippen LogP contribution in [0.2, 0.25) is 0 Å². The highest BCUT2D eigenvalue weighted by Crippen LogP contribution is 2.21. The molecule has 2 heterocycles. The van der Waals surface area contributed by atoms with Crippen LogP contribution >= 0.6 is 11.3 Å². The third-order valence-electron chi connectivity index (χ3n) is 1.95. The first-order valence-corrected chi connectivity index (χ1v) is 5.18. The summed E-state index contributed by atoms with van der Waals surface area (Å²) in [5.74, 6) is 0.647. The number of pyridine rings is 1. The Balaban J connectivity index is 2.19. The van der Waals surface area contributed by atoms with E-state index in [0.29, 0.717) is 5.82 Å². The average Bonchev–Trinajstić information content (AvgIpc) is 2.47. The maximum Gasteiger partial charge on any atom is 0.137 e. The Kier molecular flexibility index (Phi) is 2.45. The number of nitrogen functional groups attached to an aromatic ring is 1. The Morgan fingerprint density at radius 3 is 2.93 bits per heavy atom. The van der Waals surface area contributed by atoms with E-state index in [4.69, 9.17) is 5.73 Å². The standard InChI is InChI=1S/C10H11N3S/c1-7-10(11)13-9(14-7)5-8-3-2-4-12-6-8/h2-4,6H,5,11H2,1H3. The van der Waals surface area contributed by atoms with Crippen molar-refractivity contribution in [1.82, 2.24) is 9.97 Å². The quantitative estimate of drug-likeness (QED) is 0.816. The van der Waals surface area contributed by atoms with Crippen LogP contribution in [0.4, 0.5) is 5.82 Å². The van der Waals surface area contributed by atoms with E-state index in [2.05, 4.69) is 9.97 Å². The van der Waals surface area contributed by atoms with Crippen molar-refractivity contribution in [2.45, 2.75) is 13.3 Å². The average molecular weight is 205 g/mol. The summed E-state index contributed by atoms with van der Waals surface area (Å²) in [7, 11) is 0. The highest BCUT2D eigenvalue weighted by molar-refractivity contribution is 7.12. The molecular weight excluding hydrogens is 194 g/mol. The molecule has 0 aliphatic rings. The van der Waals surface area contributed by atoms with Gasteiger partial charge >= 0.3 is 0 Å². The number of hydrogen-bond donors (Lipinski definition) is 1. The molecule has 0 unspecified atom stereocenters. The smallest absolute Gasteiger partial charge is 0.137 e. The largest absolute Gasteiger partial charge is 0.383 e. The van der Waals surface area contributed by atoms with E-state index in [1.165, 1.54) is 5.56 Å². The van der Waals surface area contributed by atoms with Gasteiger partial charge in [0.2, 0.25) is 0 Å². The summed E-state index contributed by atoms with van der Waals surface area (Å²) < 4.78 is 0. The van der Waals surface area contributed by atoms with Gasteiger partial charge in [-0.15, -0.1) is 11.3 Å². The molecule has 2 aromatic rings. The van der Waals surface area contributed by atoms with E-state index in [0.717, 1.165) is 16.3 Å². The number of anilines is 1. The maximum absolute atomic E-state index is 5.68. The summed E-state index contributed by atoms with van der Waals surface area (Å²) in [6.45, 7) is 1.99. The highest BCUT2D eigenvalue weighted by Gasteiger charge is 2.04. The molecule has 2 aromatic heterocycles. The van der Waals surface area contributed by atoms with Crippen LogP contribution < -0.4 is 5.73 Å². The Morgan fingerprint density at radius 1 is 1.50 bits per heavy atom. The monoisotopic (exact) mass is 205 g/mol. The molecule has 0 aliphatic heterocycles. The Bertz CT molecular complexity index is 403. The lowest BCUT2D eigenvalue weighted by Gasteiger charge is -1.94. The van der Waals surface area contributed by atoms with Crippen LogP contribution in [0.5, 0.6) is 0 Å². The van der Waals surface area contributed by atoms with Gasteiger partial charge in [-0.05, 0) is 18.6 Å². The molecule has 2 N–H and O–H groups in total. The van der Waals surface area contributed by atoms with E-state index >= 15 is 0 Å². The molecule has 2 rings (SSSR count). The zero-order chi connectivity index (χ0) is 9.97. The Hall–Kier alpha value is -1.42. The van der Waals surface area contributed by atoms with Gasteiger partial charge in [0, 0.05) is 23.7 Å². The minimum absolute atomic E-state index is 0.647.